The third-order valence-electron chi connectivity index (χ3n) is 3.29. The lowest BCUT2D eigenvalue weighted by Gasteiger charge is -2.14. The molecular weight excluding hydrogens is 328 g/mol. The van der Waals surface area contributed by atoms with E-state index in [0.29, 0.717) is 17.6 Å². The standard InChI is InChI=1S/C14H21ClN2O2S2/c1-10(2)16-8-11-3-4-13(7-14(11)15)21(18,19)17-12-5-6-20-9-12/h3-4,7,10,12,16-17H,5-6,8-9H2,1-2H3. The van der Waals surface area contributed by atoms with Crippen molar-refractivity contribution in [2.24, 2.45) is 0 Å². The molecule has 0 aromatic heterocycles. The lowest BCUT2D eigenvalue weighted by molar-refractivity contribution is 0.562. The molecule has 21 heavy (non-hydrogen) atoms. The van der Waals surface area contributed by atoms with E-state index in [-0.39, 0.29) is 10.9 Å². The topological polar surface area (TPSA) is 58.2 Å². The fourth-order valence-corrected chi connectivity index (χ4v) is 4.93. The number of rotatable bonds is 6. The predicted octanol–water partition coefficient (Wildman–Crippen LogP) is 2.62. The van der Waals surface area contributed by atoms with Gasteiger partial charge in [-0.05, 0) is 29.9 Å². The fourth-order valence-electron chi connectivity index (χ4n) is 2.07. The zero-order valence-corrected chi connectivity index (χ0v) is 14.6. The number of hydrogen-bond acceptors (Lipinski definition) is 4. The highest BCUT2D eigenvalue weighted by atomic mass is 35.5. The van der Waals surface area contributed by atoms with Gasteiger partial charge in [-0.25, -0.2) is 13.1 Å². The Morgan fingerprint density at radius 3 is 2.76 bits per heavy atom. The lowest BCUT2D eigenvalue weighted by atomic mass is 10.2. The summed E-state index contributed by atoms with van der Waals surface area (Å²) >= 11 is 7.97. The molecule has 0 radical (unpaired) electrons. The molecule has 0 aliphatic carbocycles. The molecule has 7 heteroatoms. The van der Waals surface area contributed by atoms with Gasteiger partial charge in [0, 0.05) is 29.4 Å². The molecule has 1 saturated heterocycles. The van der Waals surface area contributed by atoms with Crippen molar-refractivity contribution >= 4 is 33.4 Å². The van der Waals surface area contributed by atoms with Crippen molar-refractivity contribution in [3.05, 3.63) is 28.8 Å². The van der Waals surface area contributed by atoms with Gasteiger partial charge in [-0.3, -0.25) is 0 Å². The van der Waals surface area contributed by atoms with Crippen LogP contribution >= 0.6 is 23.4 Å². The molecular formula is C14H21ClN2O2S2. The molecule has 0 amide bonds. The third-order valence-corrected chi connectivity index (χ3v) is 6.32. The quantitative estimate of drug-likeness (QED) is 0.829. The van der Waals surface area contributed by atoms with Crippen molar-refractivity contribution in [2.75, 3.05) is 11.5 Å². The number of nitrogens with one attached hydrogen (secondary N) is 2. The van der Waals surface area contributed by atoms with Crippen LogP contribution in [0.5, 0.6) is 0 Å². The minimum absolute atomic E-state index is 0.0288. The molecule has 2 N–H and O–H groups in total. The summed E-state index contributed by atoms with van der Waals surface area (Å²) in [6.45, 7) is 4.73. The van der Waals surface area contributed by atoms with Gasteiger partial charge >= 0.3 is 0 Å². The summed E-state index contributed by atoms with van der Waals surface area (Å²) in [4.78, 5) is 0.234. The van der Waals surface area contributed by atoms with Crippen LogP contribution in [0.1, 0.15) is 25.8 Å². The van der Waals surface area contributed by atoms with Gasteiger partial charge in [0.05, 0.1) is 4.90 Å². The maximum Gasteiger partial charge on any atom is 0.240 e. The molecule has 0 saturated carbocycles. The highest BCUT2D eigenvalue weighted by Gasteiger charge is 2.23. The molecule has 2 rings (SSSR count). The highest BCUT2D eigenvalue weighted by molar-refractivity contribution is 7.99. The third kappa shape index (κ3) is 4.86. The summed E-state index contributed by atoms with van der Waals surface area (Å²) in [6.07, 6.45) is 0.883. The second-order valence-corrected chi connectivity index (χ2v) is 8.74. The summed E-state index contributed by atoms with van der Waals surface area (Å²) < 4.78 is 27.4. The first-order valence-electron chi connectivity index (χ1n) is 7.00. The predicted molar refractivity (Wildman–Crippen MR) is 89.5 cm³/mol. The van der Waals surface area contributed by atoms with E-state index in [9.17, 15) is 8.42 Å². The Bertz CT molecular complexity index is 585. The number of thioether (sulfide) groups is 1. The molecule has 1 heterocycles. The summed E-state index contributed by atoms with van der Waals surface area (Å²) in [5.41, 5.74) is 0.903. The SMILES string of the molecule is CC(C)NCc1ccc(S(=O)(=O)NC2CCSC2)cc1Cl. The Hall–Kier alpha value is -0.270. The monoisotopic (exact) mass is 348 g/mol. The van der Waals surface area contributed by atoms with Gasteiger partial charge in [-0.2, -0.15) is 11.8 Å². The Morgan fingerprint density at radius 1 is 1.43 bits per heavy atom. The van der Waals surface area contributed by atoms with Gasteiger partial charge in [-0.1, -0.05) is 31.5 Å². The Morgan fingerprint density at radius 2 is 2.19 bits per heavy atom. The van der Waals surface area contributed by atoms with E-state index in [1.165, 1.54) is 6.07 Å². The minimum Gasteiger partial charge on any atom is -0.310 e. The van der Waals surface area contributed by atoms with Crippen LogP contribution in [0.25, 0.3) is 0 Å². The first-order chi connectivity index (χ1) is 9.88. The van der Waals surface area contributed by atoms with E-state index in [0.717, 1.165) is 23.5 Å². The van der Waals surface area contributed by atoms with E-state index in [1.54, 1.807) is 23.9 Å². The van der Waals surface area contributed by atoms with Crippen molar-refractivity contribution < 1.29 is 8.42 Å². The maximum atomic E-state index is 12.3. The van der Waals surface area contributed by atoms with Crippen LogP contribution in [-0.4, -0.2) is 32.0 Å². The van der Waals surface area contributed by atoms with E-state index in [2.05, 4.69) is 23.9 Å². The molecule has 1 unspecified atom stereocenters. The van der Waals surface area contributed by atoms with Crippen molar-refractivity contribution in [3.63, 3.8) is 0 Å². The van der Waals surface area contributed by atoms with E-state index in [4.69, 9.17) is 11.6 Å². The largest absolute Gasteiger partial charge is 0.310 e. The van der Waals surface area contributed by atoms with E-state index >= 15 is 0 Å². The van der Waals surface area contributed by atoms with Crippen LogP contribution in [0.3, 0.4) is 0 Å². The molecule has 1 fully saturated rings. The van der Waals surface area contributed by atoms with Gasteiger partial charge in [0.15, 0.2) is 0 Å². The number of benzene rings is 1. The number of hydrogen-bond donors (Lipinski definition) is 2. The molecule has 1 aromatic carbocycles. The molecule has 0 bridgehead atoms. The first kappa shape index (κ1) is 17.1. The van der Waals surface area contributed by atoms with Crippen molar-refractivity contribution in [1.82, 2.24) is 10.0 Å². The maximum absolute atomic E-state index is 12.3. The highest BCUT2D eigenvalue weighted by Crippen LogP contribution is 2.23. The molecule has 1 aromatic rings. The van der Waals surface area contributed by atoms with Gasteiger partial charge in [-0.15, -0.1) is 0 Å². The number of halogens is 1. The van der Waals surface area contributed by atoms with Crippen LogP contribution < -0.4 is 10.0 Å². The molecule has 118 valence electrons. The van der Waals surface area contributed by atoms with Crippen LogP contribution in [0.4, 0.5) is 0 Å². The summed E-state index contributed by atoms with van der Waals surface area (Å²) in [7, 11) is -3.48. The van der Waals surface area contributed by atoms with Crippen LogP contribution in [0, 0.1) is 0 Å². The molecule has 1 aliphatic rings. The Labute approximate surface area is 136 Å². The second-order valence-electron chi connectivity index (χ2n) is 5.47. The minimum atomic E-state index is -3.48. The molecule has 1 aliphatic heterocycles. The summed E-state index contributed by atoms with van der Waals surface area (Å²) in [5.74, 6) is 1.84. The first-order valence-corrected chi connectivity index (χ1v) is 10.0. The van der Waals surface area contributed by atoms with Gasteiger partial charge in [0.1, 0.15) is 0 Å². The Balaban J connectivity index is 2.10. The second kappa shape index (κ2) is 7.33. The van der Waals surface area contributed by atoms with Crippen LogP contribution in [-0.2, 0) is 16.6 Å². The molecule has 1 atom stereocenters. The van der Waals surface area contributed by atoms with Gasteiger partial charge in [0.25, 0.3) is 0 Å². The molecule has 4 nitrogen and oxygen atoms in total. The normalized spacial score (nSPS) is 19.3. The average Bonchev–Trinajstić information content (AvgIpc) is 2.89. The average molecular weight is 349 g/mol. The van der Waals surface area contributed by atoms with Crippen molar-refractivity contribution in [1.29, 1.82) is 0 Å². The smallest absolute Gasteiger partial charge is 0.240 e. The van der Waals surface area contributed by atoms with Crippen LogP contribution in [0.2, 0.25) is 5.02 Å². The van der Waals surface area contributed by atoms with Crippen LogP contribution in [0.15, 0.2) is 23.1 Å². The number of sulfonamides is 1. The zero-order valence-electron chi connectivity index (χ0n) is 12.2. The zero-order chi connectivity index (χ0) is 15.5. The van der Waals surface area contributed by atoms with Crippen molar-refractivity contribution in [3.8, 4) is 0 Å². The summed E-state index contributed by atoms with van der Waals surface area (Å²) in [6, 6.07) is 5.30. The van der Waals surface area contributed by atoms with Gasteiger partial charge in [0.2, 0.25) is 10.0 Å². The Kier molecular flexibility index (Phi) is 5.96. The van der Waals surface area contributed by atoms with Crippen molar-refractivity contribution in [2.45, 2.75) is 43.8 Å². The fraction of sp³-hybridized carbons (Fsp3) is 0.571. The lowest BCUT2D eigenvalue weighted by Crippen LogP contribution is -2.34. The van der Waals surface area contributed by atoms with Gasteiger partial charge < -0.3 is 5.32 Å². The molecule has 0 spiro atoms. The van der Waals surface area contributed by atoms with E-state index in [1.807, 2.05) is 0 Å². The summed E-state index contributed by atoms with van der Waals surface area (Å²) in [5, 5.41) is 3.75. The van der Waals surface area contributed by atoms with E-state index < -0.39 is 10.0 Å².